The van der Waals surface area contributed by atoms with Crippen LogP contribution in [0.3, 0.4) is 0 Å². The minimum absolute atomic E-state index is 0.108. The molecule has 0 bridgehead atoms. The van der Waals surface area contributed by atoms with Crippen LogP contribution in [0, 0.1) is 21.8 Å². The lowest BCUT2D eigenvalue weighted by molar-refractivity contribution is -0.385. The van der Waals surface area contributed by atoms with Crippen molar-refractivity contribution in [3.05, 3.63) is 88.2 Å². The molecule has 5 rings (SSSR count). The van der Waals surface area contributed by atoms with Crippen LogP contribution >= 0.6 is 0 Å². The van der Waals surface area contributed by atoms with Crippen molar-refractivity contribution in [2.45, 2.75) is 12.1 Å². The first-order chi connectivity index (χ1) is 17.3. The SMILES string of the molecule is COc1cc([C@@H]2[C@@H]3C(=O)N(c4ccc(F)cc4)C(=O)[C@H]3ON2c2ccccc2)c([N+](=O)[O-])cc1OC. The van der Waals surface area contributed by atoms with E-state index in [-0.39, 0.29) is 28.4 Å². The lowest BCUT2D eigenvalue weighted by Gasteiger charge is -2.29. The Hall–Kier alpha value is -4.51. The number of rotatable bonds is 6. The largest absolute Gasteiger partial charge is 0.493 e. The van der Waals surface area contributed by atoms with Gasteiger partial charge in [0.15, 0.2) is 17.6 Å². The molecule has 3 aromatic rings. The summed E-state index contributed by atoms with van der Waals surface area (Å²) in [6.45, 7) is 0. The molecule has 2 heterocycles. The number of nitro benzene ring substituents is 1. The molecule has 3 atom stereocenters. The standard InChI is InChI=1S/C25H20FN3O7/c1-34-19-12-17(18(29(32)33)13-20(19)35-2)22-21-23(36-28(22)16-6-4-3-5-7-16)25(31)27(24(21)30)15-10-8-14(26)9-11-15/h3-13,21-23H,1-2H3/t21-,22+,23-/m0/s1. The number of halogens is 1. The smallest absolute Gasteiger partial charge is 0.278 e. The number of carbonyl (C=O) groups is 2. The number of methoxy groups -OCH3 is 2. The van der Waals surface area contributed by atoms with Crippen molar-refractivity contribution < 1.29 is 33.2 Å². The maximum Gasteiger partial charge on any atom is 0.278 e. The zero-order valence-electron chi connectivity index (χ0n) is 19.2. The van der Waals surface area contributed by atoms with Crippen LogP contribution in [-0.2, 0) is 14.4 Å². The van der Waals surface area contributed by atoms with Crippen LogP contribution in [0.15, 0.2) is 66.7 Å². The van der Waals surface area contributed by atoms with E-state index in [1.807, 2.05) is 0 Å². The first kappa shape index (κ1) is 23.2. The molecule has 3 aromatic carbocycles. The number of hydrogen-bond acceptors (Lipinski definition) is 8. The first-order valence-corrected chi connectivity index (χ1v) is 10.9. The molecular weight excluding hydrogens is 473 g/mol. The number of ether oxygens (including phenoxy) is 2. The van der Waals surface area contributed by atoms with Crippen molar-refractivity contribution >= 4 is 28.9 Å². The van der Waals surface area contributed by atoms with Crippen LogP contribution in [0.25, 0.3) is 0 Å². The molecule has 0 radical (unpaired) electrons. The van der Waals surface area contributed by atoms with Crippen molar-refractivity contribution in [1.29, 1.82) is 0 Å². The summed E-state index contributed by atoms with van der Waals surface area (Å²) in [6, 6.07) is 15.1. The van der Waals surface area contributed by atoms with E-state index in [1.54, 1.807) is 30.3 Å². The molecule has 2 saturated heterocycles. The van der Waals surface area contributed by atoms with Gasteiger partial charge in [0.2, 0.25) is 5.91 Å². The summed E-state index contributed by atoms with van der Waals surface area (Å²) in [5.74, 6) is -2.58. The highest BCUT2D eigenvalue weighted by molar-refractivity contribution is 6.24. The zero-order valence-corrected chi connectivity index (χ0v) is 19.2. The number of fused-ring (bicyclic) bond motifs is 1. The minimum atomic E-state index is -1.25. The van der Waals surface area contributed by atoms with E-state index in [0.29, 0.717) is 5.69 Å². The second kappa shape index (κ2) is 8.93. The molecule has 2 fully saturated rings. The number of para-hydroxylation sites is 1. The monoisotopic (exact) mass is 493 g/mol. The summed E-state index contributed by atoms with van der Waals surface area (Å²) in [5, 5.41) is 13.4. The third kappa shape index (κ3) is 3.60. The van der Waals surface area contributed by atoms with Crippen molar-refractivity contribution in [3.8, 4) is 11.5 Å². The van der Waals surface area contributed by atoms with E-state index in [1.165, 1.54) is 43.5 Å². The van der Waals surface area contributed by atoms with E-state index >= 15 is 0 Å². The van der Waals surface area contributed by atoms with E-state index in [0.717, 1.165) is 17.0 Å². The van der Waals surface area contributed by atoms with Crippen LogP contribution in [0.4, 0.5) is 21.5 Å². The van der Waals surface area contributed by atoms with Crippen LogP contribution in [0.1, 0.15) is 11.6 Å². The second-order valence-electron chi connectivity index (χ2n) is 8.17. The number of hydroxylamine groups is 1. The average Bonchev–Trinajstić information content (AvgIpc) is 3.40. The van der Waals surface area contributed by atoms with Gasteiger partial charge in [-0.25, -0.2) is 14.4 Å². The molecule has 2 amide bonds. The highest BCUT2D eigenvalue weighted by atomic mass is 19.1. The van der Waals surface area contributed by atoms with Crippen molar-refractivity contribution in [2.75, 3.05) is 24.2 Å². The lowest BCUT2D eigenvalue weighted by atomic mass is 9.89. The Morgan fingerprint density at radius 3 is 2.17 bits per heavy atom. The molecule has 36 heavy (non-hydrogen) atoms. The molecule has 2 aliphatic rings. The summed E-state index contributed by atoms with van der Waals surface area (Å²) < 4.78 is 24.1. The number of imide groups is 1. The fourth-order valence-electron chi connectivity index (χ4n) is 4.65. The molecule has 184 valence electrons. The van der Waals surface area contributed by atoms with E-state index in [2.05, 4.69) is 0 Å². The fourth-order valence-corrected chi connectivity index (χ4v) is 4.65. The van der Waals surface area contributed by atoms with Gasteiger partial charge in [0.05, 0.1) is 42.1 Å². The molecule has 0 spiro atoms. The quantitative estimate of drug-likeness (QED) is 0.290. The van der Waals surface area contributed by atoms with Gasteiger partial charge >= 0.3 is 0 Å². The topological polar surface area (TPSA) is 111 Å². The summed E-state index contributed by atoms with van der Waals surface area (Å²) in [4.78, 5) is 45.5. The maximum atomic E-state index is 13.7. The second-order valence-corrected chi connectivity index (χ2v) is 8.17. The lowest BCUT2D eigenvalue weighted by Crippen LogP contribution is -2.37. The molecule has 10 nitrogen and oxygen atoms in total. The summed E-state index contributed by atoms with van der Waals surface area (Å²) in [6.07, 6.45) is -1.25. The Labute approximate surface area is 204 Å². The van der Waals surface area contributed by atoms with E-state index < -0.39 is 40.6 Å². The van der Waals surface area contributed by atoms with Crippen molar-refractivity contribution in [3.63, 3.8) is 0 Å². The first-order valence-electron chi connectivity index (χ1n) is 10.9. The van der Waals surface area contributed by atoms with Gasteiger partial charge in [0.1, 0.15) is 17.8 Å². The number of anilines is 2. The summed E-state index contributed by atoms with van der Waals surface area (Å²) in [5.41, 5.74) is 0.450. The van der Waals surface area contributed by atoms with Gasteiger partial charge in [-0.15, -0.1) is 0 Å². The normalized spacial score (nSPS) is 21.0. The van der Waals surface area contributed by atoms with Gasteiger partial charge in [0.25, 0.3) is 11.6 Å². The van der Waals surface area contributed by atoms with Gasteiger partial charge in [-0.1, -0.05) is 18.2 Å². The molecule has 0 saturated carbocycles. The molecule has 0 aromatic heterocycles. The number of amides is 2. The Morgan fingerprint density at radius 2 is 1.56 bits per heavy atom. The average molecular weight is 493 g/mol. The fraction of sp³-hybridized carbons (Fsp3) is 0.200. The number of nitrogens with zero attached hydrogens (tertiary/aromatic N) is 3. The molecule has 2 aliphatic heterocycles. The van der Waals surface area contributed by atoms with Gasteiger partial charge in [-0.05, 0) is 42.5 Å². The van der Waals surface area contributed by atoms with Crippen LogP contribution in [0.5, 0.6) is 11.5 Å². The molecular formula is C25H20FN3O7. The van der Waals surface area contributed by atoms with Crippen LogP contribution < -0.4 is 19.4 Å². The highest BCUT2D eigenvalue weighted by Gasteiger charge is 2.61. The summed E-state index contributed by atoms with van der Waals surface area (Å²) in [7, 11) is 2.74. The molecule has 11 heteroatoms. The van der Waals surface area contributed by atoms with E-state index in [4.69, 9.17) is 14.3 Å². The Morgan fingerprint density at radius 1 is 0.917 bits per heavy atom. The third-order valence-corrected chi connectivity index (χ3v) is 6.26. The van der Waals surface area contributed by atoms with Crippen LogP contribution in [0.2, 0.25) is 0 Å². The Bertz CT molecular complexity index is 1350. The highest BCUT2D eigenvalue weighted by Crippen LogP contribution is 2.51. The maximum absolute atomic E-state index is 13.7. The zero-order chi connectivity index (χ0) is 25.6. The Kier molecular flexibility index (Phi) is 5.77. The predicted octanol–water partition coefficient (Wildman–Crippen LogP) is 3.80. The molecule has 0 aliphatic carbocycles. The van der Waals surface area contributed by atoms with E-state index in [9.17, 15) is 24.1 Å². The van der Waals surface area contributed by atoms with Crippen molar-refractivity contribution in [2.24, 2.45) is 5.92 Å². The predicted molar refractivity (Wildman–Crippen MR) is 125 cm³/mol. The molecule has 0 N–H and O–H groups in total. The van der Waals surface area contributed by atoms with Gasteiger partial charge in [0, 0.05) is 0 Å². The minimum Gasteiger partial charge on any atom is -0.493 e. The number of benzene rings is 3. The van der Waals surface area contributed by atoms with Gasteiger partial charge in [-0.2, -0.15) is 0 Å². The van der Waals surface area contributed by atoms with Crippen molar-refractivity contribution in [1.82, 2.24) is 0 Å². The number of hydrogen-bond donors (Lipinski definition) is 0. The van der Waals surface area contributed by atoms with Gasteiger partial charge in [-0.3, -0.25) is 24.5 Å². The van der Waals surface area contributed by atoms with Crippen LogP contribution in [-0.4, -0.2) is 37.1 Å². The third-order valence-electron chi connectivity index (χ3n) is 6.26. The van der Waals surface area contributed by atoms with Gasteiger partial charge < -0.3 is 9.47 Å². The molecule has 0 unspecified atom stereocenters. The number of nitro groups is 1. The number of carbonyl (C=O) groups excluding carboxylic acids is 2. The Balaban J connectivity index is 1.68. The summed E-state index contributed by atoms with van der Waals surface area (Å²) >= 11 is 0.